The minimum Gasteiger partial charge on any atom is -0.465 e. The second kappa shape index (κ2) is 4.48. The molecule has 80 valence electrons. The average molecular weight is 215 g/mol. The Morgan fingerprint density at radius 2 is 2.00 bits per heavy atom. The zero-order valence-corrected chi connectivity index (χ0v) is 8.62. The SMILES string of the molecule is COC(=O)c1cnccc1-c1cnccn1. The molecule has 0 N–H and O–H groups in total. The van der Waals surface area contributed by atoms with Crippen molar-refractivity contribution in [2.75, 3.05) is 7.11 Å². The van der Waals surface area contributed by atoms with Gasteiger partial charge in [0, 0.05) is 30.4 Å². The fourth-order valence-electron chi connectivity index (χ4n) is 1.33. The molecule has 2 heterocycles. The molecule has 2 aromatic heterocycles. The summed E-state index contributed by atoms with van der Waals surface area (Å²) in [6, 6.07) is 1.70. The van der Waals surface area contributed by atoms with E-state index in [0.29, 0.717) is 16.8 Å². The summed E-state index contributed by atoms with van der Waals surface area (Å²) in [6.07, 6.45) is 7.77. The van der Waals surface area contributed by atoms with Crippen LogP contribution in [-0.2, 0) is 4.74 Å². The van der Waals surface area contributed by atoms with Gasteiger partial charge >= 0.3 is 5.97 Å². The highest BCUT2D eigenvalue weighted by molar-refractivity contribution is 5.96. The highest BCUT2D eigenvalue weighted by Gasteiger charge is 2.13. The van der Waals surface area contributed by atoms with E-state index in [4.69, 9.17) is 0 Å². The Morgan fingerprint density at radius 1 is 1.19 bits per heavy atom. The first kappa shape index (κ1) is 10.2. The second-order valence-corrected chi connectivity index (χ2v) is 3.00. The van der Waals surface area contributed by atoms with Gasteiger partial charge in [0.2, 0.25) is 0 Å². The van der Waals surface area contributed by atoms with Gasteiger partial charge in [-0.3, -0.25) is 15.0 Å². The van der Waals surface area contributed by atoms with Crippen LogP contribution in [0.1, 0.15) is 10.4 Å². The third-order valence-corrected chi connectivity index (χ3v) is 2.07. The quantitative estimate of drug-likeness (QED) is 0.707. The lowest BCUT2D eigenvalue weighted by atomic mass is 10.1. The zero-order valence-electron chi connectivity index (χ0n) is 8.62. The standard InChI is InChI=1S/C11H9N3O2/c1-16-11(15)9-6-12-3-2-8(9)10-7-13-4-5-14-10/h2-7H,1H3. The van der Waals surface area contributed by atoms with Gasteiger partial charge in [0.1, 0.15) is 0 Å². The number of hydrogen-bond donors (Lipinski definition) is 0. The van der Waals surface area contributed by atoms with Crippen molar-refractivity contribution in [3.05, 3.63) is 42.6 Å². The molecule has 0 bridgehead atoms. The van der Waals surface area contributed by atoms with Crippen LogP contribution >= 0.6 is 0 Å². The van der Waals surface area contributed by atoms with Crippen LogP contribution < -0.4 is 0 Å². The van der Waals surface area contributed by atoms with Gasteiger partial charge in [-0.05, 0) is 6.07 Å². The third-order valence-electron chi connectivity index (χ3n) is 2.07. The highest BCUT2D eigenvalue weighted by Crippen LogP contribution is 2.20. The molecule has 16 heavy (non-hydrogen) atoms. The number of esters is 1. The highest BCUT2D eigenvalue weighted by atomic mass is 16.5. The second-order valence-electron chi connectivity index (χ2n) is 3.00. The lowest BCUT2D eigenvalue weighted by molar-refractivity contribution is 0.0601. The van der Waals surface area contributed by atoms with E-state index in [9.17, 15) is 4.79 Å². The molecule has 0 spiro atoms. The molecule has 0 amide bonds. The van der Waals surface area contributed by atoms with Crippen LogP contribution in [0, 0.1) is 0 Å². The molecule has 5 heteroatoms. The summed E-state index contributed by atoms with van der Waals surface area (Å²) < 4.78 is 4.67. The topological polar surface area (TPSA) is 65.0 Å². The van der Waals surface area contributed by atoms with Crippen LogP contribution in [0.3, 0.4) is 0 Å². The molecular formula is C11H9N3O2. The number of carbonyl (C=O) groups is 1. The van der Waals surface area contributed by atoms with Crippen molar-refractivity contribution in [3.8, 4) is 11.3 Å². The molecule has 0 aromatic carbocycles. The van der Waals surface area contributed by atoms with Gasteiger partial charge in [-0.15, -0.1) is 0 Å². The Balaban J connectivity index is 2.53. The number of aromatic nitrogens is 3. The van der Waals surface area contributed by atoms with Crippen molar-refractivity contribution in [1.29, 1.82) is 0 Å². The number of methoxy groups -OCH3 is 1. The Kier molecular flexibility index (Phi) is 2.86. The average Bonchev–Trinajstić information content (AvgIpc) is 2.39. The van der Waals surface area contributed by atoms with Gasteiger partial charge < -0.3 is 4.74 Å². The molecule has 0 unspecified atom stereocenters. The molecular weight excluding hydrogens is 206 g/mol. The lowest BCUT2D eigenvalue weighted by Gasteiger charge is -2.05. The third kappa shape index (κ3) is 1.88. The maximum atomic E-state index is 11.5. The van der Waals surface area contributed by atoms with Crippen LogP contribution in [-0.4, -0.2) is 28.0 Å². The van der Waals surface area contributed by atoms with Crippen LogP contribution in [0.15, 0.2) is 37.1 Å². The van der Waals surface area contributed by atoms with Gasteiger partial charge in [0.05, 0.1) is 24.6 Å². The molecule has 0 fully saturated rings. The Bertz CT molecular complexity index is 500. The van der Waals surface area contributed by atoms with E-state index in [-0.39, 0.29) is 0 Å². The monoisotopic (exact) mass is 215 g/mol. The normalized spacial score (nSPS) is 9.81. The first-order chi connectivity index (χ1) is 7.83. The molecule has 0 atom stereocenters. The number of rotatable bonds is 2. The van der Waals surface area contributed by atoms with Gasteiger partial charge in [-0.1, -0.05) is 0 Å². The van der Waals surface area contributed by atoms with E-state index in [2.05, 4.69) is 19.7 Å². The molecule has 2 rings (SSSR count). The predicted octanol–water partition coefficient (Wildman–Crippen LogP) is 1.33. The van der Waals surface area contributed by atoms with Crippen LogP contribution in [0.2, 0.25) is 0 Å². The van der Waals surface area contributed by atoms with E-state index in [0.717, 1.165) is 0 Å². The molecule has 0 aliphatic rings. The summed E-state index contributed by atoms with van der Waals surface area (Å²) in [7, 11) is 1.33. The lowest BCUT2D eigenvalue weighted by Crippen LogP contribution is -2.04. The first-order valence-corrected chi connectivity index (χ1v) is 4.61. The summed E-state index contributed by atoms with van der Waals surface area (Å²) in [6.45, 7) is 0. The number of nitrogens with zero attached hydrogens (tertiary/aromatic N) is 3. The molecule has 0 aliphatic heterocycles. The summed E-state index contributed by atoms with van der Waals surface area (Å²) in [5, 5.41) is 0. The maximum absolute atomic E-state index is 11.5. The number of ether oxygens (including phenoxy) is 1. The van der Waals surface area contributed by atoms with Gasteiger partial charge in [0.15, 0.2) is 0 Å². The van der Waals surface area contributed by atoms with Crippen molar-refractivity contribution >= 4 is 5.97 Å². The number of hydrogen-bond acceptors (Lipinski definition) is 5. The maximum Gasteiger partial charge on any atom is 0.340 e. The fraction of sp³-hybridized carbons (Fsp3) is 0.0909. The molecule has 0 radical (unpaired) electrons. The van der Waals surface area contributed by atoms with Crippen molar-refractivity contribution in [2.24, 2.45) is 0 Å². The molecule has 0 aliphatic carbocycles. The number of pyridine rings is 1. The summed E-state index contributed by atoms with van der Waals surface area (Å²) in [5.41, 5.74) is 1.66. The largest absolute Gasteiger partial charge is 0.465 e. The fourth-order valence-corrected chi connectivity index (χ4v) is 1.33. The summed E-state index contributed by atoms with van der Waals surface area (Å²) >= 11 is 0. The first-order valence-electron chi connectivity index (χ1n) is 4.61. The van der Waals surface area contributed by atoms with Crippen LogP contribution in [0.4, 0.5) is 0 Å². The molecule has 0 saturated heterocycles. The minimum absolute atomic E-state index is 0.380. The van der Waals surface area contributed by atoms with Crippen LogP contribution in [0.25, 0.3) is 11.3 Å². The van der Waals surface area contributed by atoms with Crippen molar-refractivity contribution in [2.45, 2.75) is 0 Å². The van der Waals surface area contributed by atoms with E-state index >= 15 is 0 Å². The van der Waals surface area contributed by atoms with Gasteiger partial charge in [-0.25, -0.2) is 4.79 Å². The van der Waals surface area contributed by atoms with E-state index in [1.165, 1.54) is 13.3 Å². The van der Waals surface area contributed by atoms with Crippen molar-refractivity contribution < 1.29 is 9.53 Å². The van der Waals surface area contributed by atoms with E-state index in [1.54, 1.807) is 30.9 Å². The molecule has 2 aromatic rings. The molecule has 0 saturated carbocycles. The van der Waals surface area contributed by atoms with Crippen molar-refractivity contribution in [1.82, 2.24) is 15.0 Å². The predicted molar refractivity (Wildman–Crippen MR) is 56.6 cm³/mol. The Morgan fingerprint density at radius 3 is 2.69 bits per heavy atom. The van der Waals surface area contributed by atoms with Crippen LogP contribution in [0.5, 0.6) is 0 Å². The van der Waals surface area contributed by atoms with Crippen molar-refractivity contribution in [3.63, 3.8) is 0 Å². The van der Waals surface area contributed by atoms with Gasteiger partial charge in [-0.2, -0.15) is 0 Å². The summed E-state index contributed by atoms with van der Waals surface area (Å²) in [4.78, 5) is 23.5. The van der Waals surface area contributed by atoms with Gasteiger partial charge in [0.25, 0.3) is 0 Å². The number of carbonyl (C=O) groups excluding carboxylic acids is 1. The minimum atomic E-state index is -0.436. The van der Waals surface area contributed by atoms with E-state index in [1.807, 2.05) is 0 Å². The molecule has 5 nitrogen and oxygen atoms in total. The van der Waals surface area contributed by atoms with E-state index < -0.39 is 5.97 Å². The smallest absolute Gasteiger partial charge is 0.340 e. The summed E-state index contributed by atoms with van der Waals surface area (Å²) in [5.74, 6) is -0.436. The Labute approximate surface area is 92.2 Å². The Hall–Kier alpha value is -2.30. The zero-order chi connectivity index (χ0) is 11.4.